The molecule has 0 aliphatic carbocycles. The second-order valence-corrected chi connectivity index (χ2v) is 13.2. The minimum Gasteiger partial charge on any atom is -0.350 e. The number of quaternary nitrogens is 1. The molecule has 0 saturated heterocycles. The maximum absolute atomic E-state index is 14.8. The first-order valence-corrected chi connectivity index (χ1v) is 16.9. The number of halogens is 5. The molecule has 47 heavy (non-hydrogen) atoms. The molecule has 7 nitrogen and oxygen atoms in total. The van der Waals surface area contributed by atoms with Gasteiger partial charge in [0.1, 0.15) is 19.4 Å². The van der Waals surface area contributed by atoms with E-state index in [0.717, 1.165) is 36.1 Å². The zero-order valence-electron chi connectivity index (χ0n) is 28.8. The number of carbonyl (C=O) groups is 2. The lowest BCUT2D eigenvalue weighted by Crippen LogP contribution is -2.52. The zero-order valence-corrected chi connectivity index (χ0v) is 31.1. The van der Waals surface area contributed by atoms with Crippen LogP contribution in [0.3, 0.4) is 0 Å². The molecule has 0 aliphatic rings. The molecule has 0 radical (unpaired) electrons. The third kappa shape index (κ3) is 13.3. The van der Waals surface area contributed by atoms with Crippen LogP contribution in [-0.2, 0) is 9.63 Å². The second kappa shape index (κ2) is 19.8. The fourth-order valence-electron chi connectivity index (χ4n) is 4.67. The molecule has 262 valence electrons. The summed E-state index contributed by atoms with van der Waals surface area (Å²) in [5, 5.41) is 4.98. The van der Waals surface area contributed by atoms with E-state index < -0.39 is 34.6 Å². The molecule has 0 saturated carbocycles. The van der Waals surface area contributed by atoms with Gasteiger partial charge in [0, 0.05) is 48.4 Å². The van der Waals surface area contributed by atoms with Crippen LogP contribution in [0.2, 0.25) is 0 Å². The molecule has 2 amide bonds. The van der Waals surface area contributed by atoms with Crippen LogP contribution in [0.15, 0.2) is 53.7 Å². The third-order valence-corrected chi connectivity index (χ3v) is 8.63. The molecule has 2 N–H and O–H groups in total. The Kier molecular flexibility index (Phi) is 17.8. The van der Waals surface area contributed by atoms with Crippen molar-refractivity contribution in [3.05, 3.63) is 82.2 Å². The van der Waals surface area contributed by atoms with Crippen molar-refractivity contribution < 1.29 is 32.2 Å². The quantitative estimate of drug-likeness (QED) is 0.0423. The van der Waals surface area contributed by atoms with E-state index in [1.165, 1.54) is 17.0 Å². The number of alkyl halides is 1. The topological polar surface area (TPSA) is 70.7 Å². The first-order chi connectivity index (χ1) is 22.0. The Balaban J connectivity index is 0.00000541. The van der Waals surface area contributed by atoms with Gasteiger partial charge >= 0.3 is 0 Å². The molecule has 2 aromatic carbocycles. The molecule has 0 fully saturated rings. The minimum atomic E-state index is -1.31. The first-order valence-electron chi connectivity index (χ1n) is 15.6. The fraction of sp³-hybridized carbons (Fsp3) is 0.486. The molecule has 2 rings (SSSR count). The van der Waals surface area contributed by atoms with Crippen molar-refractivity contribution in [1.29, 1.82) is 0 Å². The van der Waals surface area contributed by atoms with E-state index in [4.69, 9.17) is 16.4 Å². The smallest absolute Gasteiger partial charge is 0.253 e. The molecule has 0 heterocycles. The summed E-state index contributed by atoms with van der Waals surface area (Å²) in [7, 11) is 5.19. The van der Waals surface area contributed by atoms with E-state index >= 15 is 0 Å². The molecular formula is C35H50BrClF3N4O3+. The Labute approximate surface area is 291 Å². The monoisotopic (exact) mass is 745 g/mol. The van der Waals surface area contributed by atoms with Gasteiger partial charge in [0.05, 0.1) is 35.0 Å². The number of likely N-dealkylation sites (N-methyl/N-ethyl adjacent to an activating group) is 1. The number of nitrogens with zero attached hydrogens (tertiary/aromatic N) is 2. The average molecular weight is 747 g/mol. The maximum atomic E-state index is 14.8. The molecule has 2 unspecified atom stereocenters. The van der Waals surface area contributed by atoms with Crippen LogP contribution in [0, 0.1) is 24.4 Å². The van der Waals surface area contributed by atoms with E-state index in [-0.39, 0.29) is 40.1 Å². The van der Waals surface area contributed by atoms with Crippen LogP contribution in [0.5, 0.6) is 0 Å². The number of allylic oxidation sites excluding steroid dienone is 2. The number of carbonyl (C=O) groups excluding carboxylic acids is 2. The van der Waals surface area contributed by atoms with Crippen LogP contribution in [0.4, 0.5) is 24.5 Å². The summed E-state index contributed by atoms with van der Waals surface area (Å²) in [6.45, 7) is 13.7. The molecule has 2 atom stereocenters. The van der Waals surface area contributed by atoms with Crippen molar-refractivity contribution in [2.75, 3.05) is 39.6 Å². The van der Waals surface area contributed by atoms with E-state index in [2.05, 4.69) is 33.1 Å². The van der Waals surface area contributed by atoms with Gasteiger partial charge < -0.3 is 15.5 Å². The first kappa shape index (κ1) is 42.2. The number of unbranched alkanes of at least 4 members (excludes halogenated alkanes) is 1. The number of hydrogen-bond donors (Lipinski definition) is 2. The Morgan fingerprint density at radius 1 is 1.15 bits per heavy atom. The lowest BCUT2D eigenvalue weighted by atomic mass is 10.0. The van der Waals surface area contributed by atoms with Gasteiger partial charge in [-0.05, 0) is 69.9 Å². The summed E-state index contributed by atoms with van der Waals surface area (Å²) >= 11 is 10.1. The Bertz CT molecular complexity index is 1390. The molecule has 12 heteroatoms. The summed E-state index contributed by atoms with van der Waals surface area (Å²) in [5.74, 6) is -4.05. The number of aryl methyl sites for hydroxylation is 1. The van der Waals surface area contributed by atoms with Crippen molar-refractivity contribution >= 4 is 50.7 Å². The van der Waals surface area contributed by atoms with Gasteiger partial charge in [-0.3, -0.25) is 9.59 Å². The third-order valence-electron chi connectivity index (χ3n) is 7.27. The number of anilines is 2. The van der Waals surface area contributed by atoms with Crippen LogP contribution in [0.1, 0.15) is 75.7 Å². The van der Waals surface area contributed by atoms with Gasteiger partial charge in [0.15, 0.2) is 11.6 Å². The number of hydrogen-bond acceptors (Lipinski definition) is 4. The van der Waals surface area contributed by atoms with Crippen molar-refractivity contribution in [3.63, 3.8) is 0 Å². The van der Waals surface area contributed by atoms with Crippen molar-refractivity contribution in [2.24, 2.45) is 0 Å². The summed E-state index contributed by atoms with van der Waals surface area (Å²) in [6.07, 6.45) is 6.84. The number of nitrogens with one attached hydrogen (secondary N) is 2. The van der Waals surface area contributed by atoms with Gasteiger partial charge in [0.2, 0.25) is 10.5 Å². The van der Waals surface area contributed by atoms with Crippen molar-refractivity contribution in [1.82, 2.24) is 10.2 Å². The zero-order chi connectivity index (χ0) is 35.9. The highest BCUT2D eigenvalue weighted by atomic mass is 79.9. The molecule has 2 aromatic rings. The van der Waals surface area contributed by atoms with E-state index in [1.54, 1.807) is 41.0 Å². The summed E-state index contributed by atoms with van der Waals surface area (Å²) in [4.78, 5) is 33.3. The van der Waals surface area contributed by atoms with E-state index in [9.17, 15) is 22.8 Å². The fourth-order valence-corrected chi connectivity index (χ4v) is 5.73. The van der Waals surface area contributed by atoms with Gasteiger partial charge in [-0.25, -0.2) is 18.0 Å². The highest BCUT2D eigenvalue weighted by Gasteiger charge is 2.29. The Hall–Kier alpha value is -2.86. The standard InChI is InChI=1S/C33H43BrClF3N4O3.C2H6/c1-8-9-10-18-42(6,45-7)28(34)20-23(35)12-11-13-29(43)41(5)21-33(3,4)40-32(44)24-15-16-25(36)30(38)31(24)39-27-17-14-22(2)19-26(27)37;1-2/h8,14-17,19-20,23H,1,9-13,18,21H2,2-7H3,(H-,39,40,44);1-2H3/p+1/b28-20+;. The van der Waals surface area contributed by atoms with Crippen molar-refractivity contribution in [3.8, 4) is 0 Å². The van der Waals surface area contributed by atoms with Crippen molar-refractivity contribution in [2.45, 2.75) is 77.6 Å². The number of hydroxylamine groups is 3. The molecular weight excluding hydrogens is 697 g/mol. The van der Waals surface area contributed by atoms with Crippen LogP contribution < -0.4 is 10.6 Å². The molecule has 0 spiro atoms. The average Bonchev–Trinajstić information content (AvgIpc) is 3.00. The molecule has 0 aromatic heterocycles. The maximum Gasteiger partial charge on any atom is 0.253 e. The predicted octanol–water partition coefficient (Wildman–Crippen LogP) is 9.14. The summed E-state index contributed by atoms with van der Waals surface area (Å²) < 4.78 is 44.4. The van der Waals surface area contributed by atoms with Crippen LogP contribution >= 0.6 is 27.5 Å². The van der Waals surface area contributed by atoms with Crippen LogP contribution in [0.25, 0.3) is 0 Å². The Morgan fingerprint density at radius 2 is 1.81 bits per heavy atom. The SMILES string of the molecule is C=CCCC[N+](C)(OC)/C(Br)=C/C(Cl)CCCC(=O)N(C)CC(C)(C)NC(=O)c1ccc(F)c(F)c1Nc1ccc(C)cc1F.CC. The number of rotatable bonds is 17. The van der Waals surface area contributed by atoms with Gasteiger partial charge in [-0.2, -0.15) is 0 Å². The normalized spacial score (nSPS) is 13.5. The van der Waals surface area contributed by atoms with Crippen LogP contribution in [-0.4, -0.2) is 66.6 Å². The van der Waals surface area contributed by atoms with Gasteiger partial charge in [-0.1, -0.05) is 26.0 Å². The largest absolute Gasteiger partial charge is 0.350 e. The summed E-state index contributed by atoms with van der Waals surface area (Å²) in [5.41, 5.74) is -1.13. The summed E-state index contributed by atoms with van der Waals surface area (Å²) in [6, 6.07) is 6.17. The lowest BCUT2D eigenvalue weighted by molar-refractivity contribution is -1.05. The number of benzene rings is 2. The molecule has 0 bridgehead atoms. The van der Waals surface area contributed by atoms with E-state index in [1.807, 2.05) is 33.0 Å². The molecule has 0 aliphatic heterocycles. The predicted molar refractivity (Wildman–Crippen MR) is 189 cm³/mol. The lowest BCUT2D eigenvalue weighted by Gasteiger charge is -2.32. The second-order valence-electron chi connectivity index (χ2n) is 11.8. The van der Waals surface area contributed by atoms with Gasteiger partial charge in [-0.15, -0.1) is 22.8 Å². The number of amides is 2. The van der Waals surface area contributed by atoms with E-state index in [0.29, 0.717) is 18.4 Å². The highest BCUT2D eigenvalue weighted by Crippen LogP contribution is 2.29. The van der Waals surface area contributed by atoms with Gasteiger partial charge in [0.25, 0.3) is 5.91 Å². The highest BCUT2D eigenvalue weighted by molar-refractivity contribution is 9.11. The minimum absolute atomic E-state index is 0.110. The Morgan fingerprint density at radius 3 is 2.40 bits per heavy atom.